The van der Waals surface area contributed by atoms with Crippen molar-refractivity contribution in [3.05, 3.63) is 59.7 Å². The highest BCUT2D eigenvalue weighted by Crippen LogP contribution is 2.34. The average Bonchev–Trinajstić information content (AvgIpc) is 2.40. The first-order valence-corrected chi connectivity index (χ1v) is 5.58. The molecule has 2 rings (SSSR count). The molecule has 1 aliphatic rings. The molecule has 0 amide bonds. The Morgan fingerprint density at radius 1 is 1.12 bits per heavy atom. The second-order valence-electron chi connectivity index (χ2n) is 4.25. The molecule has 90 valence electrons. The van der Waals surface area contributed by atoms with Gasteiger partial charge in [-0.3, -0.25) is 0 Å². The van der Waals surface area contributed by atoms with Crippen LogP contribution in [-0.2, 0) is 5.41 Å². The predicted molar refractivity (Wildman–Crippen MR) is 65.5 cm³/mol. The van der Waals surface area contributed by atoms with E-state index in [4.69, 9.17) is 5.11 Å². The molecule has 0 heterocycles. The van der Waals surface area contributed by atoms with Crippen LogP contribution in [0.4, 0.5) is 0 Å². The van der Waals surface area contributed by atoms with Gasteiger partial charge >= 0.3 is 0 Å². The SMILES string of the molecule is OCC1=CC(CO)(c2ccccc2)C(O)C=C1. The van der Waals surface area contributed by atoms with Crippen LogP contribution < -0.4 is 0 Å². The normalized spacial score (nSPS) is 27.9. The predicted octanol–water partition coefficient (Wildman–Crippen LogP) is 0.766. The summed E-state index contributed by atoms with van der Waals surface area (Å²) in [6.07, 6.45) is 4.24. The number of rotatable bonds is 3. The summed E-state index contributed by atoms with van der Waals surface area (Å²) >= 11 is 0. The van der Waals surface area contributed by atoms with Gasteiger partial charge in [0.2, 0.25) is 0 Å². The van der Waals surface area contributed by atoms with Gasteiger partial charge in [0.05, 0.1) is 24.7 Å². The Balaban J connectivity index is 2.50. The molecule has 0 saturated heterocycles. The Labute approximate surface area is 100 Å². The van der Waals surface area contributed by atoms with Crippen molar-refractivity contribution in [2.45, 2.75) is 11.5 Å². The van der Waals surface area contributed by atoms with E-state index in [0.29, 0.717) is 5.57 Å². The number of benzene rings is 1. The molecule has 2 unspecified atom stereocenters. The Morgan fingerprint density at radius 2 is 1.82 bits per heavy atom. The molecule has 0 saturated carbocycles. The van der Waals surface area contributed by atoms with Crippen molar-refractivity contribution in [2.75, 3.05) is 13.2 Å². The lowest BCUT2D eigenvalue weighted by Gasteiger charge is -2.35. The Morgan fingerprint density at radius 3 is 2.41 bits per heavy atom. The first kappa shape index (κ1) is 12.0. The monoisotopic (exact) mass is 232 g/mol. The maximum Gasteiger partial charge on any atom is 0.0877 e. The van der Waals surface area contributed by atoms with Crippen LogP contribution in [0.3, 0.4) is 0 Å². The lowest BCUT2D eigenvalue weighted by molar-refractivity contribution is 0.0955. The number of aliphatic hydroxyl groups is 3. The van der Waals surface area contributed by atoms with Crippen LogP contribution in [0.25, 0.3) is 0 Å². The molecule has 3 nitrogen and oxygen atoms in total. The van der Waals surface area contributed by atoms with Crippen LogP contribution in [0.2, 0.25) is 0 Å². The van der Waals surface area contributed by atoms with Gasteiger partial charge in [-0.15, -0.1) is 0 Å². The van der Waals surface area contributed by atoms with E-state index in [1.54, 1.807) is 18.2 Å². The minimum atomic E-state index is -0.853. The number of hydrogen-bond acceptors (Lipinski definition) is 3. The van der Waals surface area contributed by atoms with E-state index in [-0.39, 0.29) is 13.2 Å². The van der Waals surface area contributed by atoms with Crippen LogP contribution in [0.15, 0.2) is 54.1 Å². The molecule has 0 fully saturated rings. The van der Waals surface area contributed by atoms with E-state index in [9.17, 15) is 10.2 Å². The van der Waals surface area contributed by atoms with Gasteiger partial charge in [0.25, 0.3) is 0 Å². The molecular weight excluding hydrogens is 216 g/mol. The quantitative estimate of drug-likeness (QED) is 0.721. The van der Waals surface area contributed by atoms with E-state index in [1.165, 1.54) is 0 Å². The van der Waals surface area contributed by atoms with E-state index in [0.717, 1.165) is 5.56 Å². The van der Waals surface area contributed by atoms with Crippen molar-refractivity contribution in [1.82, 2.24) is 0 Å². The van der Waals surface area contributed by atoms with Gasteiger partial charge in [-0.2, -0.15) is 0 Å². The molecule has 0 spiro atoms. The zero-order valence-corrected chi connectivity index (χ0v) is 9.45. The molecule has 3 N–H and O–H groups in total. The fourth-order valence-electron chi connectivity index (χ4n) is 2.18. The molecule has 3 heteroatoms. The molecule has 1 aromatic carbocycles. The van der Waals surface area contributed by atoms with Gasteiger partial charge in [-0.1, -0.05) is 48.6 Å². The zero-order valence-electron chi connectivity index (χ0n) is 9.45. The van der Waals surface area contributed by atoms with Gasteiger partial charge in [-0.25, -0.2) is 0 Å². The smallest absolute Gasteiger partial charge is 0.0877 e. The van der Waals surface area contributed by atoms with Gasteiger partial charge in [-0.05, 0) is 11.1 Å². The molecule has 0 aliphatic heterocycles. The summed E-state index contributed by atoms with van der Waals surface area (Å²) in [6.45, 7) is -0.302. The first-order chi connectivity index (χ1) is 8.23. The van der Waals surface area contributed by atoms with E-state index in [1.807, 2.05) is 30.3 Å². The third-order valence-electron chi connectivity index (χ3n) is 3.22. The average molecular weight is 232 g/mol. The van der Waals surface area contributed by atoms with E-state index >= 15 is 0 Å². The topological polar surface area (TPSA) is 60.7 Å². The van der Waals surface area contributed by atoms with Crippen LogP contribution in [0, 0.1) is 0 Å². The Kier molecular flexibility index (Phi) is 3.43. The molecule has 0 bridgehead atoms. The fourth-order valence-corrected chi connectivity index (χ4v) is 2.18. The van der Waals surface area contributed by atoms with Gasteiger partial charge in [0.1, 0.15) is 0 Å². The summed E-state index contributed by atoms with van der Waals surface area (Å²) in [7, 11) is 0. The summed E-state index contributed by atoms with van der Waals surface area (Å²) in [5.41, 5.74) is 0.687. The van der Waals surface area contributed by atoms with Gasteiger partial charge < -0.3 is 15.3 Å². The van der Waals surface area contributed by atoms with Crippen LogP contribution in [-0.4, -0.2) is 34.6 Å². The summed E-state index contributed by atoms with van der Waals surface area (Å²) in [5.74, 6) is 0. The molecule has 17 heavy (non-hydrogen) atoms. The maximum atomic E-state index is 10.1. The largest absolute Gasteiger partial charge is 0.395 e. The molecule has 2 atom stereocenters. The van der Waals surface area contributed by atoms with Crippen molar-refractivity contribution in [3.63, 3.8) is 0 Å². The lowest BCUT2D eigenvalue weighted by atomic mass is 9.72. The summed E-state index contributed by atoms with van der Waals surface area (Å²) in [5, 5.41) is 28.9. The van der Waals surface area contributed by atoms with Gasteiger partial charge in [0, 0.05) is 0 Å². The van der Waals surface area contributed by atoms with E-state index < -0.39 is 11.5 Å². The molecular formula is C14H16O3. The highest BCUT2D eigenvalue weighted by atomic mass is 16.3. The first-order valence-electron chi connectivity index (χ1n) is 5.58. The minimum Gasteiger partial charge on any atom is -0.395 e. The van der Waals surface area contributed by atoms with Crippen molar-refractivity contribution < 1.29 is 15.3 Å². The second-order valence-corrected chi connectivity index (χ2v) is 4.25. The second kappa shape index (κ2) is 4.84. The standard InChI is InChI=1S/C14H16O3/c15-9-11-6-7-13(17)14(8-11,10-16)12-4-2-1-3-5-12/h1-8,13,15-17H,9-10H2. The van der Waals surface area contributed by atoms with Crippen molar-refractivity contribution >= 4 is 0 Å². The summed E-state index contributed by atoms with van der Waals surface area (Å²) in [6, 6.07) is 9.35. The minimum absolute atomic E-state index is 0.0994. The third kappa shape index (κ3) is 2.05. The highest BCUT2D eigenvalue weighted by molar-refractivity contribution is 5.42. The Hall–Kier alpha value is -1.42. The molecule has 0 radical (unpaired) electrons. The molecule has 1 aromatic rings. The molecule has 0 aromatic heterocycles. The maximum absolute atomic E-state index is 10.1. The van der Waals surface area contributed by atoms with Crippen molar-refractivity contribution in [1.29, 1.82) is 0 Å². The van der Waals surface area contributed by atoms with Crippen molar-refractivity contribution in [2.24, 2.45) is 0 Å². The van der Waals surface area contributed by atoms with Crippen LogP contribution >= 0.6 is 0 Å². The zero-order chi connectivity index (χ0) is 12.3. The van der Waals surface area contributed by atoms with Gasteiger partial charge in [0.15, 0.2) is 0 Å². The summed E-state index contributed by atoms with van der Waals surface area (Å²) in [4.78, 5) is 0. The summed E-state index contributed by atoms with van der Waals surface area (Å²) < 4.78 is 0. The van der Waals surface area contributed by atoms with E-state index in [2.05, 4.69) is 0 Å². The highest BCUT2D eigenvalue weighted by Gasteiger charge is 2.37. The fraction of sp³-hybridized carbons (Fsp3) is 0.286. The third-order valence-corrected chi connectivity index (χ3v) is 3.22. The number of aliphatic hydroxyl groups excluding tert-OH is 3. The van der Waals surface area contributed by atoms with Crippen molar-refractivity contribution in [3.8, 4) is 0 Å². The van der Waals surface area contributed by atoms with Crippen LogP contribution in [0.1, 0.15) is 5.56 Å². The Bertz CT molecular complexity index is 436. The number of hydrogen-bond donors (Lipinski definition) is 3. The lowest BCUT2D eigenvalue weighted by Crippen LogP contribution is -2.42. The van der Waals surface area contributed by atoms with Crippen LogP contribution in [0.5, 0.6) is 0 Å². The molecule has 1 aliphatic carbocycles.